The van der Waals surface area contributed by atoms with E-state index in [-0.39, 0.29) is 11.7 Å². The fraction of sp³-hybridized carbons (Fsp3) is 0.273. The summed E-state index contributed by atoms with van der Waals surface area (Å²) in [6.07, 6.45) is 3.72. The van der Waals surface area contributed by atoms with Gasteiger partial charge in [-0.25, -0.2) is 9.37 Å². The summed E-state index contributed by atoms with van der Waals surface area (Å²) in [5, 5.41) is 3.90. The Morgan fingerprint density at radius 1 is 1.04 bits per heavy atom. The van der Waals surface area contributed by atoms with Crippen LogP contribution in [0.3, 0.4) is 0 Å². The lowest BCUT2D eigenvalue weighted by atomic mass is 10.1. The Kier molecular flexibility index (Phi) is 4.75. The molecule has 2 aromatic carbocycles. The average molecular weight is 363 g/mol. The van der Waals surface area contributed by atoms with Crippen LogP contribution in [0.2, 0.25) is 0 Å². The molecule has 1 fully saturated rings. The highest BCUT2D eigenvalue weighted by Gasteiger charge is 2.14. The number of carbonyl (C=O) groups is 1. The van der Waals surface area contributed by atoms with Crippen molar-refractivity contribution in [3.63, 3.8) is 0 Å². The molecule has 27 heavy (non-hydrogen) atoms. The molecule has 1 saturated heterocycles. The van der Waals surface area contributed by atoms with Crippen molar-refractivity contribution in [3.8, 4) is 0 Å². The van der Waals surface area contributed by atoms with Crippen molar-refractivity contribution >= 4 is 28.3 Å². The molecular weight excluding hydrogens is 341 g/mol. The van der Waals surface area contributed by atoms with Crippen molar-refractivity contribution in [2.24, 2.45) is 0 Å². The minimum absolute atomic E-state index is 0.259. The molecule has 1 N–H and O–H groups in total. The van der Waals surface area contributed by atoms with Gasteiger partial charge in [0.1, 0.15) is 11.6 Å². The summed E-state index contributed by atoms with van der Waals surface area (Å²) in [5.74, 6) is 0.413. The molecule has 3 aromatic rings. The van der Waals surface area contributed by atoms with Gasteiger partial charge in [0, 0.05) is 29.7 Å². The zero-order chi connectivity index (χ0) is 18.8. The van der Waals surface area contributed by atoms with E-state index in [4.69, 9.17) is 4.98 Å². The number of hydrogen-bond acceptors (Lipinski definition) is 3. The first-order chi connectivity index (χ1) is 13.1. The Hall–Kier alpha value is -2.95. The summed E-state index contributed by atoms with van der Waals surface area (Å²) in [6.45, 7) is 4.19. The molecule has 0 bridgehead atoms. The van der Waals surface area contributed by atoms with Crippen molar-refractivity contribution < 1.29 is 9.18 Å². The van der Waals surface area contributed by atoms with Crippen LogP contribution < -0.4 is 10.2 Å². The molecule has 4 nitrogen and oxygen atoms in total. The smallest absolute Gasteiger partial charge is 0.255 e. The molecule has 1 aliphatic rings. The van der Waals surface area contributed by atoms with E-state index >= 15 is 0 Å². The van der Waals surface area contributed by atoms with Gasteiger partial charge in [-0.3, -0.25) is 4.79 Å². The number of nitrogens with zero attached hydrogens (tertiary/aromatic N) is 2. The number of pyridine rings is 1. The molecule has 0 radical (unpaired) electrons. The maximum atomic E-state index is 13.0. The zero-order valence-electron chi connectivity index (χ0n) is 15.3. The van der Waals surface area contributed by atoms with Gasteiger partial charge < -0.3 is 10.2 Å². The van der Waals surface area contributed by atoms with Gasteiger partial charge in [0.05, 0.1) is 5.52 Å². The summed E-state index contributed by atoms with van der Waals surface area (Å²) >= 11 is 0. The van der Waals surface area contributed by atoms with Crippen LogP contribution in [0.5, 0.6) is 0 Å². The number of anilines is 2. The minimum Gasteiger partial charge on any atom is -0.357 e. The van der Waals surface area contributed by atoms with Crippen LogP contribution in [0.1, 0.15) is 35.2 Å². The van der Waals surface area contributed by atoms with Crippen molar-refractivity contribution in [3.05, 3.63) is 65.5 Å². The van der Waals surface area contributed by atoms with E-state index in [2.05, 4.69) is 23.2 Å². The normalized spacial score (nSPS) is 14.4. The molecule has 138 valence electrons. The number of hydrogen-bond donors (Lipinski definition) is 1. The van der Waals surface area contributed by atoms with Crippen LogP contribution >= 0.6 is 0 Å². The van der Waals surface area contributed by atoms with Gasteiger partial charge in [-0.1, -0.05) is 0 Å². The van der Waals surface area contributed by atoms with Gasteiger partial charge in [0.25, 0.3) is 5.91 Å². The minimum atomic E-state index is -0.358. The Morgan fingerprint density at radius 3 is 2.52 bits per heavy atom. The SMILES string of the molecule is Cc1cc(N2CCCCC2)nc2ccc(NC(=O)c3ccc(F)cc3)cc12. The third kappa shape index (κ3) is 3.77. The number of benzene rings is 2. The predicted octanol–water partition coefficient (Wildman–Crippen LogP) is 4.92. The second-order valence-electron chi connectivity index (χ2n) is 7.04. The number of nitrogens with one attached hydrogen (secondary N) is 1. The van der Waals surface area contributed by atoms with Gasteiger partial charge in [-0.2, -0.15) is 0 Å². The van der Waals surface area contributed by atoms with Crippen molar-refractivity contribution in [2.75, 3.05) is 23.3 Å². The van der Waals surface area contributed by atoms with E-state index in [1.165, 1.54) is 43.5 Å². The van der Waals surface area contributed by atoms with Gasteiger partial charge >= 0.3 is 0 Å². The van der Waals surface area contributed by atoms with Crippen molar-refractivity contribution in [2.45, 2.75) is 26.2 Å². The van der Waals surface area contributed by atoms with Gasteiger partial charge in [0.2, 0.25) is 0 Å². The Labute approximate surface area is 158 Å². The quantitative estimate of drug-likeness (QED) is 0.718. The topological polar surface area (TPSA) is 45.2 Å². The maximum absolute atomic E-state index is 13.0. The lowest BCUT2D eigenvalue weighted by Crippen LogP contribution is -2.30. The van der Waals surface area contributed by atoms with Crippen LogP contribution in [0, 0.1) is 12.7 Å². The molecule has 1 amide bonds. The fourth-order valence-electron chi connectivity index (χ4n) is 3.54. The number of amides is 1. The van der Waals surface area contributed by atoms with Crippen molar-refractivity contribution in [1.82, 2.24) is 4.98 Å². The van der Waals surface area contributed by atoms with Gasteiger partial charge in [-0.15, -0.1) is 0 Å². The number of aromatic nitrogens is 1. The molecule has 1 aromatic heterocycles. The van der Waals surface area contributed by atoms with E-state index in [0.29, 0.717) is 11.3 Å². The molecule has 0 saturated carbocycles. The monoisotopic (exact) mass is 363 g/mol. The van der Waals surface area contributed by atoms with Crippen LogP contribution in [0.4, 0.5) is 15.9 Å². The van der Waals surface area contributed by atoms with E-state index < -0.39 is 0 Å². The van der Waals surface area contributed by atoms with Crippen LogP contribution in [-0.2, 0) is 0 Å². The highest BCUT2D eigenvalue weighted by atomic mass is 19.1. The zero-order valence-corrected chi connectivity index (χ0v) is 15.3. The highest BCUT2D eigenvalue weighted by molar-refractivity contribution is 6.05. The Bertz CT molecular complexity index is 979. The van der Waals surface area contributed by atoms with E-state index in [1.807, 2.05) is 18.2 Å². The highest BCUT2D eigenvalue weighted by Crippen LogP contribution is 2.27. The number of aryl methyl sites for hydroxylation is 1. The third-order valence-corrected chi connectivity index (χ3v) is 5.05. The molecule has 0 atom stereocenters. The second-order valence-corrected chi connectivity index (χ2v) is 7.04. The summed E-state index contributed by atoms with van der Waals surface area (Å²) in [4.78, 5) is 19.5. The molecule has 0 spiro atoms. The third-order valence-electron chi connectivity index (χ3n) is 5.05. The Morgan fingerprint density at radius 2 is 1.78 bits per heavy atom. The molecule has 4 rings (SSSR count). The molecule has 1 aliphatic heterocycles. The van der Waals surface area contributed by atoms with E-state index in [0.717, 1.165) is 35.4 Å². The first-order valence-corrected chi connectivity index (χ1v) is 9.33. The fourth-order valence-corrected chi connectivity index (χ4v) is 3.54. The second kappa shape index (κ2) is 7.35. The van der Waals surface area contributed by atoms with Crippen LogP contribution in [-0.4, -0.2) is 24.0 Å². The lowest BCUT2D eigenvalue weighted by molar-refractivity contribution is 0.102. The van der Waals surface area contributed by atoms with E-state index in [1.54, 1.807) is 0 Å². The predicted molar refractivity (Wildman–Crippen MR) is 107 cm³/mol. The molecule has 2 heterocycles. The summed E-state index contributed by atoms with van der Waals surface area (Å²) in [5.41, 5.74) is 3.19. The first-order valence-electron chi connectivity index (χ1n) is 9.33. The number of fused-ring (bicyclic) bond motifs is 1. The van der Waals surface area contributed by atoms with Gasteiger partial charge in [-0.05, 0) is 80.3 Å². The molecule has 0 aliphatic carbocycles. The van der Waals surface area contributed by atoms with E-state index in [9.17, 15) is 9.18 Å². The van der Waals surface area contributed by atoms with Gasteiger partial charge in [0.15, 0.2) is 0 Å². The first kappa shape index (κ1) is 17.5. The number of halogens is 1. The maximum Gasteiger partial charge on any atom is 0.255 e. The standard InChI is InChI=1S/C22H22FN3O/c1-15-13-21(26-11-3-2-4-12-26)25-20-10-9-18(14-19(15)20)24-22(27)16-5-7-17(23)8-6-16/h5-10,13-14H,2-4,11-12H2,1H3,(H,24,27). The largest absolute Gasteiger partial charge is 0.357 e. The van der Waals surface area contributed by atoms with Crippen molar-refractivity contribution in [1.29, 1.82) is 0 Å². The number of carbonyl (C=O) groups excluding carboxylic acids is 1. The molecule has 5 heteroatoms. The number of rotatable bonds is 3. The molecule has 0 unspecified atom stereocenters. The number of piperidine rings is 1. The average Bonchev–Trinajstić information content (AvgIpc) is 2.69. The van der Waals surface area contributed by atoms with Crippen LogP contribution in [0.25, 0.3) is 10.9 Å². The lowest BCUT2D eigenvalue weighted by Gasteiger charge is -2.28. The molecular formula is C22H22FN3O. The summed E-state index contributed by atoms with van der Waals surface area (Å²) in [7, 11) is 0. The Balaban J connectivity index is 1.59. The summed E-state index contributed by atoms with van der Waals surface area (Å²) in [6, 6.07) is 13.4. The summed E-state index contributed by atoms with van der Waals surface area (Å²) < 4.78 is 13.0. The van der Waals surface area contributed by atoms with Crippen LogP contribution in [0.15, 0.2) is 48.5 Å².